The van der Waals surface area contributed by atoms with Crippen molar-refractivity contribution in [3.05, 3.63) is 59.9 Å². The molecule has 3 rings (SSSR count). The van der Waals surface area contributed by atoms with E-state index in [4.69, 9.17) is 17.0 Å². The smallest absolute Gasteiger partial charge is 0.173 e. The number of rotatable bonds is 5. The number of benzene rings is 2. The lowest BCUT2D eigenvalue weighted by Crippen LogP contribution is -2.39. The van der Waals surface area contributed by atoms with Gasteiger partial charge in [0.25, 0.3) is 0 Å². The molecule has 6 heteroatoms. The minimum absolute atomic E-state index is 0.269. The van der Waals surface area contributed by atoms with Crippen LogP contribution in [0, 0.1) is 5.82 Å². The number of aliphatic hydroxyl groups is 1. The molecule has 1 unspecified atom stereocenters. The Kier molecular flexibility index (Phi) is 5.74. The Balaban J connectivity index is 1.56. The third kappa shape index (κ3) is 4.71. The Bertz CT molecular complexity index is 751. The number of anilines is 1. The molecular weight excluding hydrogens is 351 g/mol. The summed E-state index contributed by atoms with van der Waals surface area (Å²) < 4.78 is 18.5. The van der Waals surface area contributed by atoms with Crippen LogP contribution in [-0.2, 0) is 6.42 Å². The van der Waals surface area contributed by atoms with E-state index in [0.717, 1.165) is 17.0 Å². The van der Waals surface area contributed by atoms with Crippen LogP contribution in [0.5, 0.6) is 5.75 Å². The number of nitrogens with zero attached hydrogens (tertiary/aromatic N) is 1. The van der Waals surface area contributed by atoms with Gasteiger partial charge >= 0.3 is 0 Å². The fourth-order valence-electron chi connectivity index (χ4n) is 3.16. The fourth-order valence-corrected chi connectivity index (χ4v) is 3.43. The van der Waals surface area contributed by atoms with Gasteiger partial charge < -0.3 is 20.1 Å². The standard InChI is InChI=1S/C20H23FN2O2S/c1-2-25-18-9-7-17(8-10-18)22-19(26)23-12-11-20(24,14-23)13-15-3-5-16(21)6-4-15/h3-10,24H,2,11-14H2,1H3,(H,22,26). The summed E-state index contributed by atoms with van der Waals surface area (Å²) in [5, 5.41) is 14.6. The van der Waals surface area contributed by atoms with Crippen LogP contribution < -0.4 is 10.1 Å². The number of ether oxygens (including phenoxy) is 1. The van der Waals surface area contributed by atoms with Crippen LogP contribution in [0.25, 0.3) is 0 Å². The summed E-state index contributed by atoms with van der Waals surface area (Å²) in [4.78, 5) is 1.97. The van der Waals surface area contributed by atoms with Gasteiger partial charge in [-0.3, -0.25) is 0 Å². The molecule has 1 aliphatic rings. The average molecular weight is 374 g/mol. The number of hydrogen-bond acceptors (Lipinski definition) is 3. The van der Waals surface area contributed by atoms with Gasteiger partial charge in [0.05, 0.1) is 12.2 Å². The van der Waals surface area contributed by atoms with Gasteiger partial charge in [-0.1, -0.05) is 12.1 Å². The number of nitrogens with one attached hydrogen (secondary N) is 1. The van der Waals surface area contributed by atoms with Crippen molar-refractivity contribution in [3.8, 4) is 5.75 Å². The molecule has 2 N–H and O–H groups in total. The van der Waals surface area contributed by atoms with Crippen molar-refractivity contribution < 1.29 is 14.2 Å². The Morgan fingerprint density at radius 1 is 1.23 bits per heavy atom. The zero-order chi connectivity index (χ0) is 18.6. The summed E-state index contributed by atoms with van der Waals surface area (Å²) in [5.41, 5.74) is 0.941. The molecule has 0 aliphatic carbocycles. The van der Waals surface area contributed by atoms with Gasteiger partial charge in [-0.15, -0.1) is 0 Å². The number of thiocarbonyl (C=S) groups is 1. The lowest BCUT2D eigenvalue weighted by atomic mass is 9.94. The van der Waals surface area contributed by atoms with Crippen LogP contribution in [0.4, 0.5) is 10.1 Å². The first-order valence-corrected chi connectivity index (χ1v) is 9.14. The predicted octanol–water partition coefficient (Wildman–Crippen LogP) is 3.60. The van der Waals surface area contributed by atoms with Crippen LogP contribution in [-0.4, -0.2) is 40.4 Å². The second kappa shape index (κ2) is 8.01. The molecule has 4 nitrogen and oxygen atoms in total. The highest BCUT2D eigenvalue weighted by molar-refractivity contribution is 7.80. The molecule has 1 heterocycles. The number of halogens is 1. The van der Waals surface area contributed by atoms with E-state index in [2.05, 4.69) is 5.32 Å². The average Bonchev–Trinajstić information content (AvgIpc) is 3.01. The van der Waals surface area contributed by atoms with Crippen molar-refractivity contribution in [2.24, 2.45) is 0 Å². The maximum absolute atomic E-state index is 13.0. The highest BCUT2D eigenvalue weighted by Crippen LogP contribution is 2.26. The number of hydrogen-bond donors (Lipinski definition) is 2. The maximum Gasteiger partial charge on any atom is 0.173 e. The lowest BCUT2D eigenvalue weighted by Gasteiger charge is -2.25. The van der Waals surface area contributed by atoms with Crippen LogP contribution in [0.15, 0.2) is 48.5 Å². The van der Waals surface area contributed by atoms with Gasteiger partial charge in [-0.05, 0) is 67.5 Å². The quantitative estimate of drug-likeness (QED) is 0.783. The van der Waals surface area contributed by atoms with Crippen molar-refractivity contribution in [2.75, 3.05) is 25.0 Å². The van der Waals surface area contributed by atoms with Crippen LogP contribution >= 0.6 is 12.2 Å². The third-order valence-corrected chi connectivity index (χ3v) is 4.84. The molecule has 0 bridgehead atoms. The molecule has 2 aromatic rings. The topological polar surface area (TPSA) is 44.7 Å². The van der Waals surface area contributed by atoms with Gasteiger partial charge in [-0.2, -0.15) is 0 Å². The molecule has 0 amide bonds. The molecular formula is C20H23FN2O2S. The highest BCUT2D eigenvalue weighted by Gasteiger charge is 2.37. The van der Waals surface area contributed by atoms with Crippen LogP contribution in [0.2, 0.25) is 0 Å². The first kappa shape index (κ1) is 18.6. The van der Waals surface area contributed by atoms with Crippen molar-refractivity contribution in [2.45, 2.75) is 25.4 Å². The highest BCUT2D eigenvalue weighted by atomic mass is 32.1. The van der Waals surface area contributed by atoms with E-state index in [1.807, 2.05) is 36.1 Å². The molecule has 0 saturated carbocycles. The molecule has 1 atom stereocenters. The SMILES string of the molecule is CCOc1ccc(NC(=S)N2CCC(O)(Cc3ccc(F)cc3)C2)cc1. The minimum atomic E-state index is -0.859. The van der Waals surface area contributed by atoms with E-state index >= 15 is 0 Å². The number of likely N-dealkylation sites (tertiary alicyclic amines) is 1. The van der Waals surface area contributed by atoms with E-state index in [-0.39, 0.29) is 5.82 Å². The predicted molar refractivity (Wildman–Crippen MR) is 105 cm³/mol. The first-order valence-electron chi connectivity index (χ1n) is 8.73. The largest absolute Gasteiger partial charge is 0.494 e. The summed E-state index contributed by atoms with van der Waals surface area (Å²) in [5.74, 6) is 0.549. The Hall–Kier alpha value is -2.18. The van der Waals surface area contributed by atoms with E-state index in [1.54, 1.807) is 12.1 Å². The molecule has 1 aliphatic heterocycles. The molecule has 2 aromatic carbocycles. The van der Waals surface area contributed by atoms with Crippen LogP contribution in [0.3, 0.4) is 0 Å². The second-order valence-corrected chi connectivity index (χ2v) is 6.97. The van der Waals surface area contributed by atoms with Gasteiger partial charge in [0.1, 0.15) is 11.6 Å². The van der Waals surface area contributed by atoms with Crippen molar-refractivity contribution in [3.63, 3.8) is 0 Å². The number of β-amino-alcohol motifs (C(OH)–C–C–N with tert-alkyl or cyclic N) is 1. The fraction of sp³-hybridized carbons (Fsp3) is 0.350. The monoisotopic (exact) mass is 374 g/mol. The summed E-state index contributed by atoms with van der Waals surface area (Å²) >= 11 is 5.49. The van der Waals surface area contributed by atoms with Crippen molar-refractivity contribution >= 4 is 23.0 Å². The third-order valence-electron chi connectivity index (χ3n) is 4.48. The molecule has 0 aromatic heterocycles. The molecule has 138 valence electrons. The van der Waals surface area contributed by atoms with Crippen molar-refractivity contribution in [1.82, 2.24) is 4.90 Å². The Morgan fingerprint density at radius 3 is 2.58 bits per heavy atom. The molecule has 1 saturated heterocycles. The Labute approximate surface area is 158 Å². The van der Waals surface area contributed by atoms with Crippen molar-refractivity contribution in [1.29, 1.82) is 0 Å². The molecule has 0 radical (unpaired) electrons. The van der Waals surface area contributed by atoms with Gasteiger partial charge in [-0.25, -0.2) is 4.39 Å². The summed E-state index contributed by atoms with van der Waals surface area (Å²) in [6.07, 6.45) is 1.10. The van der Waals surface area contributed by atoms with E-state index in [0.29, 0.717) is 37.7 Å². The zero-order valence-corrected chi connectivity index (χ0v) is 15.6. The molecule has 1 fully saturated rings. The first-order chi connectivity index (χ1) is 12.5. The zero-order valence-electron chi connectivity index (χ0n) is 14.7. The maximum atomic E-state index is 13.0. The normalized spacial score (nSPS) is 19.4. The van der Waals surface area contributed by atoms with E-state index in [9.17, 15) is 9.50 Å². The Morgan fingerprint density at radius 2 is 1.92 bits per heavy atom. The van der Waals surface area contributed by atoms with Gasteiger partial charge in [0, 0.05) is 25.2 Å². The van der Waals surface area contributed by atoms with Gasteiger partial charge in [0.15, 0.2) is 5.11 Å². The second-order valence-electron chi connectivity index (χ2n) is 6.59. The van der Waals surface area contributed by atoms with E-state index < -0.39 is 5.60 Å². The van der Waals surface area contributed by atoms with Crippen LogP contribution in [0.1, 0.15) is 18.9 Å². The summed E-state index contributed by atoms with van der Waals surface area (Å²) in [6.45, 7) is 3.71. The molecule has 0 spiro atoms. The summed E-state index contributed by atoms with van der Waals surface area (Å²) in [6, 6.07) is 13.9. The minimum Gasteiger partial charge on any atom is -0.494 e. The summed E-state index contributed by atoms with van der Waals surface area (Å²) in [7, 11) is 0. The van der Waals surface area contributed by atoms with Gasteiger partial charge in [0.2, 0.25) is 0 Å². The lowest BCUT2D eigenvalue weighted by molar-refractivity contribution is 0.0557. The van der Waals surface area contributed by atoms with E-state index in [1.165, 1.54) is 12.1 Å². The molecule has 26 heavy (non-hydrogen) atoms.